The molecule has 1 aromatic heterocycles. The molecule has 1 N–H and O–H groups in total. The number of nitrogens with one attached hydrogen (secondary N) is 1. The largest absolute Gasteiger partial charge is 0.360 e. The van der Waals surface area contributed by atoms with Crippen LogP contribution in [0.15, 0.2) is 10.6 Å². The van der Waals surface area contributed by atoms with E-state index in [0.717, 1.165) is 44.5 Å². The molecule has 3 aliphatic heterocycles. The predicted molar refractivity (Wildman–Crippen MR) is 107 cm³/mol. The summed E-state index contributed by atoms with van der Waals surface area (Å²) in [4.78, 5) is 30.0. The minimum absolute atomic E-state index is 0.0408. The van der Waals surface area contributed by atoms with Gasteiger partial charge in [-0.05, 0) is 39.0 Å². The van der Waals surface area contributed by atoms with E-state index in [-0.39, 0.29) is 23.3 Å². The number of nitrogens with zero attached hydrogens (tertiary/aromatic N) is 3. The van der Waals surface area contributed by atoms with Crippen LogP contribution in [0.1, 0.15) is 74.5 Å². The van der Waals surface area contributed by atoms with E-state index in [1.165, 1.54) is 12.8 Å². The zero-order valence-corrected chi connectivity index (χ0v) is 17.5. The van der Waals surface area contributed by atoms with Crippen molar-refractivity contribution >= 4 is 11.8 Å². The van der Waals surface area contributed by atoms with Crippen LogP contribution >= 0.6 is 0 Å². The fourth-order valence-electron chi connectivity index (χ4n) is 5.77. The summed E-state index contributed by atoms with van der Waals surface area (Å²) in [5, 5.41) is 7.36. The van der Waals surface area contributed by atoms with Gasteiger partial charge in [0.25, 0.3) is 5.91 Å². The molecule has 3 saturated heterocycles. The second-order valence-corrected chi connectivity index (χ2v) is 9.63. The summed E-state index contributed by atoms with van der Waals surface area (Å²) in [6.07, 6.45) is 6.27. The van der Waals surface area contributed by atoms with Gasteiger partial charge < -0.3 is 14.7 Å². The van der Waals surface area contributed by atoms with Gasteiger partial charge in [0.15, 0.2) is 5.69 Å². The number of piperidine rings is 1. The molecule has 5 rings (SSSR count). The van der Waals surface area contributed by atoms with E-state index in [1.807, 2.05) is 11.0 Å². The number of carbonyl (C=O) groups is 2. The predicted octanol–water partition coefficient (Wildman–Crippen LogP) is 2.39. The van der Waals surface area contributed by atoms with Crippen LogP contribution in [0.5, 0.6) is 0 Å². The van der Waals surface area contributed by atoms with Crippen LogP contribution in [0.25, 0.3) is 0 Å². The van der Waals surface area contributed by atoms with Crippen molar-refractivity contribution in [1.29, 1.82) is 0 Å². The lowest BCUT2D eigenvalue weighted by atomic mass is 9.75. The third-order valence-electron chi connectivity index (χ3n) is 7.77. The molecule has 2 amide bonds. The second-order valence-electron chi connectivity index (χ2n) is 9.63. The number of likely N-dealkylation sites (tertiary alicyclic amines) is 2. The van der Waals surface area contributed by atoms with E-state index < -0.39 is 0 Å². The Morgan fingerprint density at radius 3 is 2.79 bits per heavy atom. The first-order valence-electron chi connectivity index (χ1n) is 11.3. The van der Waals surface area contributed by atoms with Crippen LogP contribution in [0.4, 0.5) is 0 Å². The van der Waals surface area contributed by atoms with Crippen molar-refractivity contribution in [1.82, 2.24) is 20.3 Å². The van der Waals surface area contributed by atoms with Crippen molar-refractivity contribution in [2.24, 2.45) is 11.8 Å². The molecule has 7 nitrogen and oxygen atoms in total. The lowest BCUT2D eigenvalue weighted by Gasteiger charge is -2.42. The Kier molecular flexibility index (Phi) is 4.68. The van der Waals surface area contributed by atoms with Crippen LogP contribution in [-0.2, 0) is 4.79 Å². The van der Waals surface area contributed by atoms with Crippen molar-refractivity contribution in [2.75, 3.05) is 26.2 Å². The van der Waals surface area contributed by atoms with E-state index in [2.05, 4.69) is 29.2 Å². The van der Waals surface area contributed by atoms with Crippen LogP contribution in [0, 0.1) is 11.8 Å². The topological polar surface area (TPSA) is 78.7 Å². The van der Waals surface area contributed by atoms with Gasteiger partial charge in [-0.15, -0.1) is 0 Å². The Balaban J connectivity index is 1.24. The highest BCUT2D eigenvalue weighted by Gasteiger charge is 2.57. The summed E-state index contributed by atoms with van der Waals surface area (Å²) in [5.41, 5.74) is 0.277. The minimum atomic E-state index is -0.151. The van der Waals surface area contributed by atoms with E-state index in [4.69, 9.17) is 4.52 Å². The molecule has 7 heteroatoms. The molecule has 0 bridgehead atoms. The molecular formula is C22H32N4O3. The van der Waals surface area contributed by atoms with E-state index in [9.17, 15) is 9.59 Å². The summed E-state index contributed by atoms with van der Waals surface area (Å²) in [6.45, 7) is 7.70. The fourth-order valence-corrected chi connectivity index (χ4v) is 5.77. The Bertz CT molecular complexity index is 794. The summed E-state index contributed by atoms with van der Waals surface area (Å²) in [7, 11) is 0. The highest BCUT2D eigenvalue weighted by molar-refractivity contribution is 5.92. The van der Waals surface area contributed by atoms with Crippen molar-refractivity contribution < 1.29 is 14.1 Å². The maximum absolute atomic E-state index is 12.9. The minimum Gasteiger partial charge on any atom is -0.360 e. The van der Waals surface area contributed by atoms with Gasteiger partial charge in [-0.1, -0.05) is 18.5 Å². The Labute approximate surface area is 172 Å². The highest BCUT2D eigenvalue weighted by Crippen LogP contribution is 2.45. The number of amides is 2. The van der Waals surface area contributed by atoms with Gasteiger partial charge in [0.05, 0.1) is 5.92 Å². The summed E-state index contributed by atoms with van der Waals surface area (Å²) < 4.78 is 5.36. The summed E-state index contributed by atoms with van der Waals surface area (Å²) in [5.74, 6) is 1.94. The third kappa shape index (κ3) is 3.27. The van der Waals surface area contributed by atoms with Crippen LogP contribution in [0.3, 0.4) is 0 Å². The standard InChI is InChI=1S/C22H32N4O3/c1-3-4-14(2)26-12-16-17(13-26)22(23-20(16)27)7-9-25(10-8-22)21(28)18-11-19(29-24-18)15-5-6-15/h11,14-17H,3-10,12-13H2,1-2H3,(H,23,27)/t14?,16-,17+/m1/s1. The molecule has 0 radical (unpaired) electrons. The lowest BCUT2D eigenvalue weighted by Crippen LogP contribution is -2.56. The molecule has 158 valence electrons. The molecule has 29 heavy (non-hydrogen) atoms. The second kappa shape index (κ2) is 7.11. The van der Waals surface area contributed by atoms with Crippen molar-refractivity contribution in [3.05, 3.63) is 17.5 Å². The molecule has 0 aromatic carbocycles. The Morgan fingerprint density at radius 2 is 2.10 bits per heavy atom. The summed E-state index contributed by atoms with van der Waals surface area (Å²) >= 11 is 0. The number of carbonyl (C=O) groups excluding carboxylic acids is 2. The first-order chi connectivity index (χ1) is 14.0. The van der Waals surface area contributed by atoms with Gasteiger partial charge in [-0.3, -0.25) is 14.5 Å². The molecule has 1 spiro atoms. The highest BCUT2D eigenvalue weighted by atomic mass is 16.5. The van der Waals surface area contributed by atoms with Gasteiger partial charge in [0, 0.05) is 55.7 Å². The molecule has 1 aliphatic carbocycles. The number of hydrogen-bond donors (Lipinski definition) is 1. The molecule has 1 saturated carbocycles. The Morgan fingerprint density at radius 1 is 1.34 bits per heavy atom. The van der Waals surface area contributed by atoms with Gasteiger partial charge in [0.2, 0.25) is 5.91 Å². The zero-order chi connectivity index (χ0) is 20.2. The van der Waals surface area contributed by atoms with Gasteiger partial charge in [-0.25, -0.2) is 0 Å². The number of fused-ring (bicyclic) bond motifs is 2. The maximum atomic E-state index is 12.9. The molecule has 1 unspecified atom stereocenters. The van der Waals surface area contributed by atoms with Gasteiger partial charge >= 0.3 is 0 Å². The molecule has 4 fully saturated rings. The number of hydrogen-bond acceptors (Lipinski definition) is 5. The SMILES string of the molecule is CCCC(C)N1C[C@H]2C(=O)NC3(CCN(C(=O)c4cc(C5CC5)on4)CC3)[C@H]2C1. The molecule has 1 aromatic rings. The monoisotopic (exact) mass is 400 g/mol. The lowest BCUT2D eigenvalue weighted by molar-refractivity contribution is -0.123. The normalized spacial score (nSPS) is 29.9. The zero-order valence-electron chi connectivity index (χ0n) is 17.5. The van der Waals surface area contributed by atoms with E-state index in [0.29, 0.717) is 36.7 Å². The molecular weight excluding hydrogens is 368 g/mol. The maximum Gasteiger partial charge on any atom is 0.276 e. The molecule has 4 aliphatic rings. The van der Waals surface area contributed by atoms with Crippen LogP contribution in [0.2, 0.25) is 0 Å². The first-order valence-corrected chi connectivity index (χ1v) is 11.3. The van der Waals surface area contributed by atoms with Crippen molar-refractivity contribution in [3.8, 4) is 0 Å². The van der Waals surface area contributed by atoms with Crippen molar-refractivity contribution in [2.45, 2.75) is 69.9 Å². The van der Waals surface area contributed by atoms with Gasteiger partial charge in [-0.2, -0.15) is 0 Å². The van der Waals surface area contributed by atoms with E-state index >= 15 is 0 Å². The Hall–Kier alpha value is -1.89. The smallest absolute Gasteiger partial charge is 0.276 e. The molecule has 4 heterocycles. The summed E-state index contributed by atoms with van der Waals surface area (Å²) in [6, 6.07) is 2.35. The van der Waals surface area contributed by atoms with Crippen LogP contribution in [-0.4, -0.2) is 64.5 Å². The van der Waals surface area contributed by atoms with E-state index in [1.54, 1.807) is 0 Å². The number of rotatable bonds is 5. The van der Waals surface area contributed by atoms with Crippen LogP contribution < -0.4 is 5.32 Å². The third-order valence-corrected chi connectivity index (χ3v) is 7.77. The number of aromatic nitrogens is 1. The first kappa shape index (κ1) is 19.1. The quantitative estimate of drug-likeness (QED) is 0.821. The average Bonchev–Trinajstić information content (AvgIpc) is 3.18. The van der Waals surface area contributed by atoms with Crippen molar-refractivity contribution in [3.63, 3.8) is 0 Å². The average molecular weight is 401 g/mol. The molecule has 3 atom stereocenters. The fraction of sp³-hybridized carbons (Fsp3) is 0.773. The van der Waals surface area contributed by atoms with Gasteiger partial charge in [0.1, 0.15) is 5.76 Å².